The molecule has 0 aliphatic rings. The molecule has 0 aliphatic heterocycles. The molecule has 1 amide bonds. The first-order chi connectivity index (χ1) is 13.8. The van der Waals surface area contributed by atoms with E-state index < -0.39 is 35.8 Å². The molecular formula is C22H24F3NO4. The molecule has 0 heterocycles. The van der Waals surface area contributed by atoms with Gasteiger partial charge < -0.3 is 15.5 Å². The molecule has 5 nitrogen and oxygen atoms in total. The number of aliphatic hydroxyl groups excluding tert-OH is 1. The fraction of sp³-hybridized carbons (Fsp3) is 0.364. The van der Waals surface area contributed by atoms with Crippen molar-refractivity contribution in [3.05, 3.63) is 70.8 Å². The Kier molecular flexibility index (Phi) is 6.92. The number of aliphatic hydroxyl groups is 1. The molecule has 0 fully saturated rings. The van der Waals surface area contributed by atoms with Gasteiger partial charge >= 0.3 is 12.1 Å². The summed E-state index contributed by atoms with van der Waals surface area (Å²) in [4.78, 5) is 23.8. The van der Waals surface area contributed by atoms with Crippen LogP contribution in [0.4, 0.5) is 13.2 Å². The number of carboxylic acids is 1. The third kappa shape index (κ3) is 6.06. The van der Waals surface area contributed by atoms with Crippen molar-refractivity contribution >= 4 is 11.9 Å². The Morgan fingerprint density at radius 1 is 0.933 bits per heavy atom. The summed E-state index contributed by atoms with van der Waals surface area (Å²) < 4.78 is 37.9. The van der Waals surface area contributed by atoms with Gasteiger partial charge in [-0.15, -0.1) is 0 Å². The number of alkyl halides is 3. The van der Waals surface area contributed by atoms with Crippen molar-refractivity contribution in [3.8, 4) is 0 Å². The first kappa shape index (κ1) is 23.4. The number of carbonyl (C=O) groups excluding carboxylic acids is 1. The van der Waals surface area contributed by atoms with Crippen LogP contribution in [0.25, 0.3) is 0 Å². The molecule has 0 unspecified atom stereocenters. The molecule has 0 aromatic heterocycles. The van der Waals surface area contributed by atoms with E-state index >= 15 is 0 Å². The van der Waals surface area contributed by atoms with E-state index in [2.05, 4.69) is 5.32 Å². The zero-order valence-electron chi connectivity index (χ0n) is 16.8. The average molecular weight is 423 g/mol. The minimum atomic E-state index is -4.54. The summed E-state index contributed by atoms with van der Waals surface area (Å²) in [5, 5.41) is 21.8. The summed E-state index contributed by atoms with van der Waals surface area (Å²) in [6.07, 6.45) is -6.34. The summed E-state index contributed by atoms with van der Waals surface area (Å²) >= 11 is 0. The Labute approximate surface area is 172 Å². The maximum absolute atomic E-state index is 12.6. The zero-order chi connectivity index (χ0) is 22.7. The highest BCUT2D eigenvalue weighted by Gasteiger charge is 2.31. The largest absolute Gasteiger partial charge is 0.480 e. The number of aliphatic carboxylic acids is 1. The SMILES string of the molecule is CC(C)(C)c1ccc(C[C@@H](NC(=O)[C@@H](O)c2ccc(C(F)(F)F)cc2)C(=O)O)cc1. The third-order valence-electron chi connectivity index (χ3n) is 4.68. The van der Waals surface area contributed by atoms with E-state index in [1.54, 1.807) is 12.1 Å². The second-order valence-electron chi connectivity index (χ2n) is 8.07. The van der Waals surface area contributed by atoms with E-state index in [-0.39, 0.29) is 17.4 Å². The standard InChI is InChI=1S/C22H24F3NO4/c1-21(2,3)15-8-4-13(5-9-15)12-17(20(29)30)26-19(28)18(27)14-6-10-16(11-7-14)22(23,24)25/h4-11,17-18,27H,12H2,1-3H3,(H,26,28)(H,29,30)/t17-,18+/m1/s1. The highest BCUT2D eigenvalue weighted by Crippen LogP contribution is 2.30. The van der Waals surface area contributed by atoms with Gasteiger partial charge in [0.25, 0.3) is 5.91 Å². The second-order valence-corrected chi connectivity index (χ2v) is 8.07. The lowest BCUT2D eigenvalue weighted by Gasteiger charge is -2.20. The number of halogens is 3. The maximum Gasteiger partial charge on any atom is 0.416 e. The van der Waals surface area contributed by atoms with Gasteiger partial charge in [0.15, 0.2) is 6.10 Å². The van der Waals surface area contributed by atoms with Crippen LogP contribution in [0.5, 0.6) is 0 Å². The molecule has 2 aromatic carbocycles. The minimum absolute atomic E-state index is 0.00870. The topological polar surface area (TPSA) is 86.6 Å². The van der Waals surface area contributed by atoms with Crippen LogP contribution in [-0.2, 0) is 27.6 Å². The van der Waals surface area contributed by atoms with Crippen LogP contribution < -0.4 is 5.32 Å². The molecule has 0 bridgehead atoms. The van der Waals surface area contributed by atoms with E-state index in [1.807, 2.05) is 32.9 Å². The second kappa shape index (κ2) is 8.87. The van der Waals surface area contributed by atoms with Gasteiger partial charge in [-0.25, -0.2) is 4.79 Å². The zero-order valence-corrected chi connectivity index (χ0v) is 16.8. The summed E-state index contributed by atoms with van der Waals surface area (Å²) in [7, 11) is 0. The van der Waals surface area contributed by atoms with E-state index in [9.17, 15) is 33.0 Å². The van der Waals surface area contributed by atoms with E-state index in [4.69, 9.17) is 0 Å². The lowest BCUT2D eigenvalue weighted by molar-refractivity contribution is -0.143. The molecule has 2 aromatic rings. The first-order valence-electron chi connectivity index (χ1n) is 9.27. The Morgan fingerprint density at radius 2 is 1.43 bits per heavy atom. The normalized spacial score (nSPS) is 14.1. The lowest BCUT2D eigenvalue weighted by atomic mass is 9.86. The minimum Gasteiger partial charge on any atom is -0.480 e. The third-order valence-corrected chi connectivity index (χ3v) is 4.68. The molecule has 30 heavy (non-hydrogen) atoms. The number of carbonyl (C=O) groups is 2. The molecule has 0 saturated heterocycles. The fourth-order valence-electron chi connectivity index (χ4n) is 2.83. The molecular weight excluding hydrogens is 399 g/mol. The van der Waals surface area contributed by atoms with E-state index in [1.165, 1.54) is 0 Å². The van der Waals surface area contributed by atoms with Crippen molar-refractivity contribution in [1.29, 1.82) is 0 Å². The highest BCUT2D eigenvalue weighted by atomic mass is 19.4. The summed E-state index contributed by atoms with van der Waals surface area (Å²) in [5.41, 5.74) is 0.699. The number of nitrogens with one attached hydrogen (secondary N) is 1. The van der Waals surface area contributed by atoms with Gasteiger partial charge in [0.2, 0.25) is 0 Å². The van der Waals surface area contributed by atoms with Crippen molar-refractivity contribution in [2.75, 3.05) is 0 Å². The molecule has 2 atom stereocenters. The van der Waals surface area contributed by atoms with Crippen molar-refractivity contribution in [1.82, 2.24) is 5.32 Å². The molecule has 0 aliphatic carbocycles. The van der Waals surface area contributed by atoms with Gasteiger partial charge in [-0.3, -0.25) is 4.79 Å². The summed E-state index contributed by atoms with van der Waals surface area (Å²) in [6.45, 7) is 6.14. The lowest BCUT2D eigenvalue weighted by Crippen LogP contribution is -2.44. The average Bonchev–Trinajstić information content (AvgIpc) is 2.65. The van der Waals surface area contributed by atoms with Crippen LogP contribution in [-0.4, -0.2) is 28.1 Å². The van der Waals surface area contributed by atoms with E-state index in [0.29, 0.717) is 5.56 Å². The molecule has 162 valence electrons. The molecule has 3 N–H and O–H groups in total. The number of carboxylic acid groups (broad SMARTS) is 1. The summed E-state index contributed by atoms with van der Waals surface area (Å²) in [6, 6.07) is 9.46. The molecule has 0 saturated carbocycles. The maximum atomic E-state index is 12.6. The number of rotatable bonds is 6. The number of benzene rings is 2. The van der Waals surface area contributed by atoms with E-state index in [0.717, 1.165) is 29.8 Å². The Hall–Kier alpha value is -2.87. The highest BCUT2D eigenvalue weighted by molar-refractivity contribution is 5.87. The van der Waals surface area contributed by atoms with Crippen LogP contribution in [0.15, 0.2) is 48.5 Å². The summed E-state index contributed by atoms with van der Waals surface area (Å²) in [5.74, 6) is -2.30. The quantitative estimate of drug-likeness (QED) is 0.659. The first-order valence-corrected chi connectivity index (χ1v) is 9.27. The number of hydrogen-bond donors (Lipinski definition) is 3. The predicted molar refractivity (Wildman–Crippen MR) is 105 cm³/mol. The monoisotopic (exact) mass is 423 g/mol. The van der Waals surface area contributed by atoms with Crippen molar-refractivity contribution in [2.24, 2.45) is 0 Å². The van der Waals surface area contributed by atoms with Crippen LogP contribution in [0.2, 0.25) is 0 Å². The Balaban J connectivity index is 2.08. The van der Waals surface area contributed by atoms with Gasteiger partial charge in [0, 0.05) is 6.42 Å². The van der Waals surface area contributed by atoms with Crippen LogP contribution in [0.1, 0.15) is 49.1 Å². The van der Waals surface area contributed by atoms with Crippen LogP contribution in [0, 0.1) is 0 Å². The smallest absolute Gasteiger partial charge is 0.416 e. The van der Waals surface area contributed by atoms with Gasteiger partial charge in [0.05, 0.1) is 5.56 Å². The molecule has 0 spiro atoms. The Morgan fingerprint density at radius 3 is 1.87 bits per heavy atom. The van der Waals surface area contributed by atoms with Gasteiger partial charge in [-0.05, 0) is 34.2 Å². The van der Waals surface area contributed by atoms with Gasteiger partial charge in [0.1, 0.15) is 6.04 Å². The van der Waals surface area contributed by atoms with Crippen LogP contribution >= 0.6 is 0 Å². The van der Waals surface area contributed by atoms with Gasteiger partial charge in [-0.2, -0.15) is 13.2 Å². The van der Waals surface area contributed by atoms with Crippen LogP contribution in [0.3, 0.4) is 0 Å². The predicted octanol–water partition coefficient (Wildman–Crippen LogP) is 3.85. The number of amides is 1. The van der Waals surface area contributed by atoms with Crippen molar-refractivity contribution < 1.29 is 33.0 Å². The molecule has 8 heteroatoms. The Bertz CT molecular complexity index is 885. The fourth-order valence-corrected chi connectivity index (χ4v) is 2.83. The van der Waals surface area contributed by atoms with Crippen molar-refractivity contribution in [2.45, 2.75) is 50.9 Å². The van der Waals surface area contributed by atoms with Gasteiger partial charge in [-0.1, -0.05) is 57.2 Å². The number of hydrogen-bond acceptors (Lipinski definition) is 3. The molecule has 0 radical (unpaired) electrons. The molecule has 2 rings (SSSR count). The van der Waals surface area contributed by atoms with Crippen molar-refractivity contribution in [3.63, 3.8) is 0 Å².